The van der Waals surface area contributed by atoms with Gasteiger partial charge < -0.3 is 15.8 Å². The molecule has 0 aromatic heterocycles. The first-order valence-corrected chi connectivity index (χ1v) is 5.32. The van der Waals surface area contributed by atoms with E-state index in [9.17, 15) is 4.79 Å². The van der Waals surface area contributed by atoms with Crippen molar-refractivity contribution in [2.45, 2.75) is 32.5 Å². The molecule has 17 heavy (non-hydrogen) atoms. The Morgan fingerprint density at radius 2 is 1.94 bits per heavy atom. The predicted octanol–water partition coefficient (Wildman–Crippen LogP) is 2.07. The van der Waals surface area contributed by atoms with Gasteiger partial charge in [0, 0.05) is 12.1 Å². The first kappa shape index (κ1) is 15.7. The number of hydrogen-bond acceptors (Lipinski definition) is 3. The number of nitrogens with two attached hydrogens (primary N) is 1. The highest BCUT2D eigenvalue weighted by molar-refractivity contribution is 5.85. The van der Waals surface area contributed by atoms with E-state index >= 15 is 0 Å². The van der Waals surface area contributed by atoms with Crippen LogP contribution in [0.25, 0.3) is 0 Å². The number of rotatable bonds is 4. The van der Waals surface area contributed by atoms with Gasteiger partial charge >= 0.3 is 6.09 Å². The Morgan fingerprint density at radius 1 is 1.35 bits per heavy atom. The molecule has 4 nitrogen and oxygen atoms in total. The fourth-order valence-corrected chi connectivity index (χ4v) is 1.08. The molecule has 3 N–H and O–H groups in total. The number of ether oxygens (including phenoxy) is 1. The van der Waals surface area contributed by atoms with Crippen LogP contribution in [0.1, 0.15) is 19.4 Å². The maximum atomic E-state index is 11.3. The van der Waals surface area contributed by atoms with Gasteiger partial charge in [0.1, 0.15) is 6.61 Å². The zero-order valence-corrected chi connectivity index (χ0v) is 10.9. The van der Waals surface area contributed by atoms with Crippen molar-refractivity contribution in [1.82, 2.24) is 5.32 Å². The van der Waals surface area contributed by atoms with Crippen LogP contribution in [-0.4, -0.2) is 18.2 Å². The smallest absolute Gasteiger partial charge is 0.407 e. The fraction of sp³-hybridized carbons (Fsp3) is 0.417. The summed E-state index contributed by atoms with van der Waals surface area (Å²) in [4.78, 5) is 11.3. The quantitative estimate of drug-likeness (QED) is 0.869. The maximum Gasteiger partial charge on any atom is 0.407 e. The minimum atomic E-state index is -0.436. The number of carbonyl (C=O) groups excluding carboxylic acids is 1. The first-order chi connectivity index (χ1) is 7.59. The van der Waals surface area contributed by atoms with Crippen LogP contribution in [0.15, 0.2) is 30.3 Å². The summed E-state index contributed by atoms with van der Waals surface area (Å²) < 4.78 is 5.04. The molecule has 0 bridgehead atoms. The second-order valence-electron chi connectivity index (χ2n) is 3.85. The van der Waals surface area contributed by atoms with Gasteiger partial charge in [-0.05, 0) is 19.4 Å². The lowest BCUT2D eigenvalue weighted by atomic mass is 10.2. The van der Waals surface area contributed by atoms with Gasteiger partial charge in [-0.1, -0.05) is 30.3 Å². The van der Waals surface area contributed by atoms with Crippen molar-refractivity contribution in [2.75, 3.05) is 0 Å². The highest BCUT2D eigenvalue weighted by atomic mass is 35.5. The Kier molecular flexibility index (Phi) is 7.34. The summed E-state index contributed by atoms with van der Waals surface area (Å²) in [6.45, 7) is 3.95. The second kappa shape index (κ2) is 7.92. The molecule has 0 spiro atoms. The van der Waals surface area contributed by atoms with E-state index in [1.165, 1.54) is 0 Å². The first-order valence-electron chi connectivity index (χ1n) is 5.32. The predicted molar refractivity (Wildman–Crippen MR) is 70.1 cm³/mol. The number of nitrogens with one attached hydrogen (secondary N) is 1. The summed E-state index contributed by atoms with van der Waals surface area (Å²) >= 11 is 0. The third-order valence-corrected chi connectivity index (χ3v) is 2.35. The molecule has 0 aliphatic rings. The fourth-order valence-electron chi connectivity index (χ4n) is 1.08. The summed E-state index contributed by atoms with van der Waals surface area (Å²) in [5.41, 5.74) is 6.59. The number of halogens is 1. The van der Waals surface area contributed by atoms with Crippen LogP contribution in [0.4, 0.5) is 4.79 Å². The molecule has 96 valence electrons. The third-order valence-electron chi connectivity index (χ3n) is 2.35. The molecule has 1 aromatic rings. The minimum Gasteiger partial charge on any atom is -0.445 e. The average Bonchev–Trinajstić information content (AvgIpc) is 2.27. The molecular formula is C12H19ClN2O2. The van der Waals surface area contributed by atoms with Crippen molar-refractivity contribution in [1.29, 1.82) is 0 Å². The van der Waals surface area contributed by atoms with Crippen molar-refractivity contribution in [2.24, 2.45) is 5.73 Å². The topological polar surface area (TPSA) is 64.3 Å². The molecule has 2 unspecified atom stereocenters. The molecule has 0 fully saturated rings. The molecule has 2 atom stereocenters. The Morgan fingerprint density at radius 3 is 2.47 bits per heavy atom. The van der Waals surface area contributed by atoms with Crippen molar-refractivity contribution in [3.8, 4) is 0 Å². The van der Waals surface area contributed by atoms with Crippen LogP contribution in [0.2, 0.25) is 0 Å². The van der Waals surface area contributed by atoms with Gasteiger partial charge in [0.15, 0.2) is 0 Å². The summed E-state index contributed by atoms with van der Waals surface area (Å²) in [5, 5.41) is 2.66. The normalized spacial score (nSPS) is 13.1. The molecule has 5 heteroatoms. The molecule has 0 heterocycles. The van der Waals surface area contributed by atoms with Gasteiger partial charge in [0.25, 0.3) is 0 Å². The lowest BCUT2D eigenvalue weighted by Crippen LogP contribution is -2.44. The van der Waals surface area contributed by atoms with E-state index in [1.807, 2.05) is 44.2 Å². The monoisotopic (exact) mass is 258 g/mol. The van der Waals surface area contributed by atoms with Gasteiger partial charge in [-0.2, -0.15) is 0 Å². The lowest BCUT2D eigenvalue weighted by molar-refractivity contribution is 0.135. The Bertz CT molecular complexity index is 331. The number of benzene rings is 1. The number of alkyl carbamates (subject to hydrolysis) is 1. The highest BCUT2D eigenvalue weighted by Gasteiger charge is 2.11. The maximum absolute atomic E-state index is 11.3. The second-order valence-corrected chi connectivity index (χ2v) is 3.85. The van der Waals surface area contributed by atoms with Crippen molar-refractivity contribution in [3.05, 3.63) is 35.9 Å². The molecule has 1 aromatic carbocycles. The summed E-state index contributed by atoms with van der Waals surface area (Å²) in [6, 6.07) is 9.35. The summed E-state index contributed by atoms with van der Waals surface area (Å²) in [6.07, 6.45) is -0.436. The Hall–Kier alpha value is -1.26. The van der Waals surface area contributed by atoms with Gasteiger partial charge in [-0.15, -0.1) is 12.4 Å². The molecule has 0 saturated heterocycles. The van der Waals surface area contributed by atoms with Gasteiger partial charge in [-0.3, -0.25) is 0 Å². The molecule has 1 amide bonds. The summed E-state index contributed by atoms with van der Waals surface area (Å²) in [7, 11) is 0. The third kappa shape index (κ3) is 6.14. The zero-order chi connectivity index (χ0) is 12.0. The van der Waals surface area contributed by atoms with Crippen LogP contribution in [0.3, 0.4) is 0 Å². The molecule has 0 aliphatic heterocycles. The average molecular weight is 259 g/mol. The molecular weight excluding hydrogens is 240 g/mol. The highest BCUT2D eigenvalue weighted by Crippen LogP contribution is 2.00. The van der Waals surface area contributed by atoms with E-state index in [0.29, 0.717) is 0 Å². The van der Waals surface area contributed by atoms with Gasteiger partial charge in [0.2, 0.25) is 0 Å². The largest absolute Gasteiger partial charge is 0.445 e. The van der Waals surface area contributed by atoms with Crippen LogP contribution < -0.4 is 11.1 Å². The summed E-state index contributed by atoms with van der Waals surface area (Å²) in [5.74, 6) is 0. The zero-order valence-electron chi connectivity index (χ0n) is 10.1. The molecule has 1 rings (SSSR count). The minimum absolute atomic E-state index is 0. The van der Waals surface area contributed by atoms with E-state index in [4.69, 9.17) is 10.5 Å². The van der Waals surface area contributed by atoms with E-state index in [1.54, 1.807) is 0 Å². The van der Waals surface area contributed by atoms with Gasteiger partial charge in [0.05, 0.1) is 0 Å². The number of hydrogen-bond donors (Lipinski definition) is 2. The van der Waals surface area contributed by atoms with E-state index in [0.717, 1.165) is 5.56 Å². The van der Waals surface area contributed by atoms with Crippen LogP contribution in [0, 0.1) is 0 Å². The van der Waals surface area contributed by atoms with E-state index < -0.39 is 6.09 Å². The SMILES string of the molecule is CC(N)C(C)NC(=O)OCc1ccccc1.Cl. The Labute approximate surface area is 108 Å². The molecule has 0 radical (unpaired) electrons. The number of amides is 1. The molecule has 0 saturated carbocycles. The van der Waals surface area contributed by atoms with E-state index in [2.05, 4.69) is 5.32 Å². The van der Waals surface area contributed by atoms with Gasteiger partial charge in [-0.25, -0.2) is 4.79 Å². The Balaban J connectivity index is 0.00000256. The van der Waals surface area contributed by atoms with Crippen LogP contribution in [0.5, 0.6) is 0 Å². The van der Waals surface area contributed by atoms with Crippen molar-refractivity contribution >= 4 is 18.5 Å². The lowest BCUT2D eigenvalue weighted by Gasteiger charge is -2.17. The van der Waals surface area contributed by atoms with Crippen molar-refractivity contribution < 1.29 is 9.53 Å². The van der Waals surface area contributed by atoms with E-state index in [-0.39, 0.29) is 31.1 Å². The standard InChI is InChI=1S/C12H18N2O2.ClH/c1-9(13)10(2)14-12(15)16-8-11-6-4-3-5-7-11;/h3-7,9-10H,8,13H2,1-2H3,(H,14,15);1H. The number of carbonyl (C=O) groups is 1. The van der Waals surface area contributed by atoms with Crippen LogP contribution in [-0.2, 0) is 11.3 Å². The molecule has 0 aliphatic carbocycles. The van der Waals surface area contributed by atoms with Crippen molar-refractivity contribution in [3.63, 3.8) is 0 Å². The van der Waals surface area contributed by atoms with Crippen LogP contribution >= 0.6 is 12.4 Å².